The van der Waals surface area contributed by atoms with Gasteiger partial charge >= 0.3 is 0 Å². The normalized spacial score (nSPS) is 10.7. The summed E-state index contributed by atoms with van der Waals surface area (Å²) in [6, 6.07) is 9.16. The molecular weight excluding hydrogens is 471 g/mol. The van der Waals surface area contributed by atoms with Gasteiger partial charge in [0, 0.05) is 0 Å². The third-order valence-corrected chi connectivity index (χ3v) is 4.99. The van der Waals surface area contributed by atoms with Gasteiger partial charge in [-0.2, -0.15) is 0 Å². The molecule has 1 aromatic heterocycles. The molecular formula is C17H17BrCl2N6O2. The summed E-state index contributed by atoms with van der Waals surface area (Å²) in [7, 11) is 0. The van der Waals surface area contributed by atoms with Gasteiger partial charge in [0.2, 0.25) is 0 Å². The van der Waals surface area contributed by atoms with Crippen LogP contribution in [0.5, 0.6) is 11.5 Å². The number of hydrogen-bond acceptors (Lipinski definition) is 7. The van der Waals surface area contributed by atoms with E-state index in [9.17, 15) is 0 Å². The van der Waals surface area contributed by atoms with Crippen molar-refractivity contribution in [1.29, 1.82) is 0 Å². The van der Waals surface area contributed by atoms with Crippen LogP contribution in [-0.2, 0) is 13.2 Å². The number of nitrogens with two attached hydrogens (primary N) is 1. The molecule has 0 amide bonds. The fourth-order valence-electron chi connectivity index (χ4n) is 2.38. The van der Waals surface area contributed by atoms with Crippen molar-refractivity contribution in [3.05, 3.63) is 56.0 Å². The molecule has 2 aromatic carbocycles. The Balaban J connectivity index is 1.76. The molecule has 0 saturated heterocycles. The highest BCUT2D eigenvalue weighted by Gasteiger charge is 2.13. The zero-order valence-corrected chi connectivity index (χ0v) is 17.9. The number of halogens is 3. The summed E-state index contributed by atoms with van der Waals surface area (Å²) in [5, 5.41) is 11.8. The van der Waals surface area contributed by atoms with Crippen molar-refractivity contribution in [3.63, 3.8) is 0 Å². The minimum absolute atomic E-state index is 0.172. The molecule has 28 heavy (non-hydrogen) atoms. The molecule has 148 valence electrons. The summed E-state index contributed by atoms with van der Waals surface area (Å²) < 4.78 is 12.5. The first-order chi connectivity index (χ1) is 13.5. The highest BCUT2D eigenvalue weighted by Crippen LogP contribution is 2.37. The highest BCUT2D eigenvalue weighted by molar-refractivity contribution is 9.10. The van der Waals surface area contributed by atoms with E-state index in [2.05, 4.69) is 36.9 Å². The van der Waals surface area contributed by atoms with Crippen molar-refractivity contribution in [1.82, 2.24) is 20.3 Å². The van der Waals surface area contributed by atoms with E-state index in [1.807, 2.05) is 25.1 Å². The Morgan fingerprint density at radius 2 is 1.96 bits per heavy atom. The molecule has 0 bridgehead atoms. The molecule has 3 aromatic rings. The second-order valence-electron chi connectivity index (χ2n) is 5.66. The van der Waals surface area contributed by atoms with Crippen LogP contribution < -0.4 is 20.6 Å². The predicted octanol–water partition coefficient (Wildman–Crippen LogP) is 4.05. The number of tetrazole rings is 1. The van der Waals surface area contributed by atoms with E-state index in [-0.39, 0.29) is 5.95 Å². The maximum atomic E-state index is 6.06. The summed E-state index contributed by atoms with van der Waals surface area (Å²) in [4.78, 5) is 1.29. The molecule has 0 atom stereocenters. The van der Waals surface area contributed by atoms with Crippen LogP contribution in [-0.4, -0.2) is 26.9 Å². The number of nitrogen functional groups attached to an aromatic ring is 1. The monoisotopic (exact) mass is 486 g/mol. The van der Waals surface area contributed by atoms with Crippen molar-refractivity contribution in [2.75, 3.05) is 17.8 Å². The second-order valence-corrected chi connectivity index (χ2v) is 7.33. The number of rotatable bonds is 8. The molecule has 3 rings (SSSR count). The van der Waals surface area contributed by atoms with E-state index in [1.54, 1.807) is 12.1 Å². The summed E-state index contributed by atoms with van der Waals surface area (Å²) in [5.74, 6) is 1.38. The smallest absolute Gasteiger partial charge is 0.260 e. The average Bonchev–Trinajstić information content (AvgIpc) is 3.07. The van der Waals surface area contributed by atoms with Gasteiger partial charge in [0.15, 0.2) is 11.5 Å². The Bertz CT molecular complexity index is 969. The fourth-order valence-corrected chi connectivity index (χ4v) is 3.31. The SMILES string of the molecule is CCOc1cc(CNn2nnnc2N)cc(Br)c1OCc1ccc(Cl)c(Cl)c1. The molecule has 0 spiro atoms. The van der Waals surface area contributed by atoms with Crippen LogP contribution in [0.3, 0.4) is 0 Å². The number of hydrogen-bond donors (Lipinski definition) is 2. The second kappa shape index (κ2) is 9.31. The average molecular weight is 488 g/mol. The molecule has 0 fully saturated rings. The summed E-state index contributed by atoms with van der Waals surface area (Å²) >= 11 is 15.6. The lowest BCUT2D eigenvalue weighted by molar-refractivity contribution is 0.267. The first-order valence-corrected chi connectivity index (χ1v) is 9.82. The Labute approximate surface area is 180 Å². The van der Waals surface area contributed by atoms with Crippen molar-refractivity contribution in [3.8, 4) is 11.5 Å². The number of nitrogens with one attached hydrogen (secondary N) is 1. The Morgan fingerprint density at radius 3 is 2.64 bits per heavy atom. The zero-order chi connectivity index (χ0) is 20.1. The van der Waals surface area contributed by atoms with Crippen molar-refractivity contribution in [2.24, 2.45) is 0 Å². The minimum atomic E-state index is 0.172. The summed E-state index contributed by atoms with van der Waals surface area (Å²) in [5.41, 5.74) is 10.5. The van der Waals surface area contributed by atoms with Crippen LogP contribution in [0.25, 0.3) is 0 Å². The van der Waals surface area contributed by atoms with E-state index >= 15 is 0 Å². The van der Waals surface area contributed by atoms with Gasteiger partial charge < -0.3 is 20.6 Å². The molecule has 8 nitrogen and oxygen atoms in total. The zero-order valence-electron chi connectivity index (χ0n) is 14.8. The van der Waals surface area contributed by atoms with Crippen molar-refractivity contribution < 1.29 is 9.47 Å². The van der Waals surface area contributed by atoms with Crippen molar-refractivity contribution >= 4 is 45.1 Å². The third kappa shape index (κ3) is 4.98. The lowest BCUT2D eigenvalue weighted by Crippen LogP contribution is -2.18. The molecule has 0 aliphatic carbocycles. The van der Waals surface area contributed by atoms with Gasteiger partial charge in [-0.1, -0.05) is 34.4 Å². The van der Waals surface area contributed by atoms with E-state index < -0.39 is 0 Å². The maximum absolute atomic E-state index is 6.06. The molecule has 0 radical (unpaired) electrons. The quantitative estimate of drug-likeness (QED) is 0.494. The maximum Gasteiger partial charge on any atom is 0.260 e. The van der Waals surface area contributed by atoms with Gasteiger partial charge in [-0.3, -0.25) is 0 Å². The first-order valence-electron chi connectivity index (χ1n) is 8.27. The third-order valence-electron chi connectivity index (χ3n) is 3.66. The molecule has 1 heterocycles. The van der Waals surface area contributed by atoms with Crippen LogP contribution in [0.4, 0.5) is 5.95 Å². The van der Waals surface area contributed by atoms with Crippen molar-refractivity contribution in [2.45, 2.75) is 20.1 Å². The van der Waals surface area contributed by atoms with Crippen LogP contribution in [0.2, 0.25) is 10.0 Å². The van der Waals surface area contributed by atoms with Crippen LogP contribution >= 0.6 is 39.1 Å². The number of anilines is 1. The Morgan fingerprint density at radius 1 is 1.14 bits per heavy atom. The van der Waals surface area contributed by atoms with Gasteiger partial charge in [0.1, 0.15) is 6.61 Å². The first kappa shape index (κ1) is 20.5. The van der Waals surface area contributed by atoms with Gasteiger partial charge in [0.25, 0.3) is 5.95 Å². The minimum Gasteiger partial charge on any atom is -0.490 e. The van der Waals surface area contributed by atoms with Crippen LogP contribution in [0, 0.1) is 0 Å². The van der Waals surface area contributed by atoms with E-state index in [0.29, 0.717) is 41.3 Å². The summed E-state index contributed by atoms with van der Waals surface area (Å²) in [6.07, 6.45) is 0. The molecule has 0 aliphatic rings. The molecule has 3 N–H and O–H groups in total. The lowest BCUT2D eigenvalue weighted by atomic mass is 10.2. The van der Waals surface area contributed by atoms with Gasteiger partial charge in [-0.25, -0.2) is 0 Å². The number of ether oxygens (including phenoxy) is 2. The lowest BCUT2D eigenvalue weighted by Gasteiger charge is -2.16. The van der Waals surface area contributed by atoms with Crippen LogP contribution in [0.15, 0.2) is 34.8 Å². The predicted molar refractivity (Wildman–Crippen MR) is 111 cm³/mol. The number of aromatic nitrogens is 4. The summed E-state index contributed by atoms with van der Waals surface area (Å²) in [6.45, 7) is 3.14. The van der Waals surface area contributed by atoms with Gasteiger partial charge in [0.05, 0.1) is 27.7 Å². The molecule has 11 heteroatoms. The number of nitrogens with zero attached hydrogens (tertiary/aromatic N) is 4. The molecule has 0 aliphatic heterocycles. The molecule has 0 unspecified atom stereocenters. The van der Waals surface area contributed by atoms with Crippen LogP contribution in [0.1, 0.15) is 18.1 Å². The largest absolute Gasteiger partial charge is 0.490 e. The Hall–Kier alpha value is -2.23. The standard InChI is InChI=1S/C17H17BrCl2N6O2/c1-2-27-15-7-11(8-22-26-17(21)23-24-25-26)5-12(18)16(15)28-9-10-3-4-13(19)14(20)6-10/h3-7,22H,2,8-9H2,1H3,(H2,21,23,25). The molecule has 0 saturated carbocycles. The topological polar surface area (TPSA) is 100 Å². The van der Waals surface area contributed by atoms with E-state index in [4.69, 9.17) is 38.4 Å². The Kier molecular flexibility index (Phi) is 6.82. The fraction of sp³-hybridized carbons (Fsp3) is 0.235. The highest BCUT2D eigenvalue weighted by atomic mass is 79.9. The van der Waals surface area contributed by atoms with E-state index in [0.717, 1.165) is 15.6 Å². The number of benzene rings is 2. The van der Waals surface area contributed by atoms with E-state index in [1.165, 1.54) is 4.79 Å². The van der Waals surface area contributed by atoms with Gasteiger partial charge in [-0.05, 0) is 68.7 Å². The van der Waals surface area contributed by atoms with Gasteiger partial charge in [-0.15, -0.1) is 4.79 Å².